The fourth-order valence-electron chi connectivity index (χ4n) is 2.21. The highest BCUT2D eigenvalue weighted by Crippen LogP contribution is 2.34. The minimum atomic E-state index is -0.367. The third-order valence-corrected chi connectivity index (χ3v) is 4.57. The molecule has 0 amide bonds. The molecule has 1 nitrogen and oxygen atoms in total. The molecule has 0 fully saturated rings. The van der Waals surface area contributed by atoms with Crippen molar-refractivity contribution in [3.8, 4) is 10.4 Å². The normalized spacial score (nSPS) is 12.7. The summed E-state index contributed by atoms with van der Waals surface area (Å²) in [6, 6.07) is 6.68. The van der Waals surface area contributed by atoms with Crippen molar-refractivity contribution in [3.05, 3.63) is 46.3 Å². The van der Waals surface area contributed by atoms with Crippen LogP contribution in [0.5, 0.6) is 0 Å². The van der Waals surface area contributed by atoms with E-state index in [0.29, 0.717) is 11.1 Å². The molecule has 4 heteroatoms. The highest BCUT2D eigenvalue weighted by atomic mass is 32.1. The van der Waals surface area contributed by atoms with Crippen molar-refractivity contribution in [1.29, 1.82) is 0 Å². The predicted octanol–water partition coefficient (Wildman–Crippen LogP) is 5.06. The second-order valence-corrected chi connectivity index (χ2v) is 5.92. The molecule has 1 heterocycles. The van der Waals surface area contributed by atoms with Crippen LogP contribution in [0.1, 0.15) is 36.8 Å². The molecule has 108 valence electrons. The van der Waals surface area contributed by atoms with Crippen molar-refractivity contribution < 1.29 is 8.78 Å². The van der Waals surface area contributed by atoms with Crippen LogP contribution in [0.3, 0.4) is 0 Å². The summed E-state index contributed by atoms with van der Waals surface area (Å²) in [5, 5.41) is 3.39. The van der Waals surface area contributed by atoms with Gasteiger partial charge in [-0.25, -0.2) is 8.78 Å². The van der Waals surface area contributed by atoms with E-state index in [1.54, 1.807) is 6.92 Å². The number of hydrogen-bond donors (Lipinski definition) is 1. The van der Waals surface area contributed by atoms with Gasteiger partial charge in [-0.1, -0.05) is 13.8 Å². The van der Waals surface area contributed by atoms with E-state index < -0.39 is 0 Å². The molecule has 0 radical (unpaired) electrons. The molecule has 1 N–H and O–H groups in total. The maximum atomic E-state index is 14.0. The molecule has 0 spiro atoms. The van der Waals surface area contributed by atoms with Gasteiger partial charge in [0.15, 0.2) is 0 Å². The zero-order valence-corrected chi connectivity index (χ0v) is 12.8. The lowest BCUT2D eigenvalue weighted by Gasteiger charge is -2.13. The van der Waals surface area contributed by atoms with Crippen LogP contribution >= 0.6 is 11.3 Å². The van der Waals surface area contributed by atoms with E-state index in [9.17, 15) is 8.78 Å². The Kier molecular flexibility index (Phi) is 4.89. The summed E-state index contributed by atoms with van der Waals surface area (Å²) in [6.45, 7) is 6.63. The topological polar surface area (TPSA) is 12.0 Å². The van der Waals surface area contributed by atoms with Crippen molar-refractivity contribution >= 4 is 11.3 Å². The smallest absolute Gasteiger partial charge is 0.132 e. The first-order valence-electron chi connectivity index (χ1n) is 6.85. The fourth-order valence-corrected chi connectivity index (χ4v) is 3.40. The van der Waals surface area contributed by atoms with Crippen LogP contribution in [0.2, 0.25) is 0 Å². The van der Waals surface area contributed by atoms with Crippen molar-refractivity contribution in [1.82, 2.24) is 5.32 Å². The van der Waals surface area contributed by atoms with E-state index >= 15 is 0 Å². The molecule has 1 unspecified atom stereocenters. The average molecular weight is 295 g/mol. The third-order valence-electron chi connectivity index (χ3n) is 3.34. The van der Waals surface area contributed by atoms with E-state index in [4.69, 9.17) is 0 Å². The number of hydrogen-bond acceptors (Lipinski definition) is 2. The van der Waals surface area contributed by atoms with Crippen LogP contribution in [0.25, 0.3) is 10.4 Å². The lowest BCUT2D eigenvalue weighted by molar-refractivity contribution is 0.545. The third kappa shape index (κ3) is 3.07. The summed E-state index contributed by atoms with van der Waals surface area (Å²) in [5.41, 5.74) is 0.679. The van der Waals surface area contributed by atoms with Gasteiger partial charge in [0, 0.05) is 21.4 Å². The number of aryl methyl sites for hydroxylation is 1. The van der Waals surface area contributed by atoms with E-state index in [2.05, 4.69) is 19.2 Å². The first kappa shape index (κ1) is 15.1. The van der Waals surface area contributed by atoms with Crippen LogP contribution in [-0.2, 0) is 0 Å². The molecule has 0 aliphatic carbocycles. The second-order valence-electron chi connectivity index (χ2n) is 4.80. The quantitative estimate of drug-likeness (QED) is 0.812. The average Bonchev–Trinajstić information content (AvgIpc) is 2.89. The Hall–Kier alpha value is -1.26. The standard InChI is InChI=1S/C16H19F2NS/c1-4-14(19-5-2)16-7-6-15(20-16)11-9-12(17)10(3)8-13(11)18/h6-9,14,19H,4-5H2,1-3H3. The molecule has 0 bridgehead atoms. The maximum absolute atomic E-state index is 14.0. The largest absolute Gasteiger partial charge is 0.310 e. The summed E-state index contributed by atoms with van der Waals surface area (Å²) >= 11 is 1.52. The molecule has 20 heavy (non-hydrogen) atoms. The Bertz CT molecular complexity index is 592. The van der Waals surface area contributed by atoms with Gasteiger partial charge in [-0.15, -0.1) is 11.3 Å². The van der Waals surface area contributed by atoms with Crippen LogP contribution in [0, 0.1) is 18.6 Å². The molecule has 2 rings (SSSR count). The Morgan fingerprint density at radius 2 is 1.90 bits per heavy atom. The Morgan fingerprint density at radius 1 is 1.15 bits per heavy atom. The Labute approximate surface area is 122 Å². The first-order chi connectivity index (χ1) is 9.56. The lowest BCUT2D eigenvalue weighted by Crippen LogP contribution is -2.18. The van der Waals surface area contributed by atoms with Crippen LogP contribution < -0.4 is 5.32 Å². The summed E-state index contributed by atoms with van der Waals surface area (Å²) in [4.78, 5) is 1.93. The minimum absolute atomic E-state index is 0.275. The van der Waals surface area contributed by atoms with Crippen molar-refractivity contribution in [2.24, 2.45) is 0 Å². The Balaban J connectivity index is 2.35. The summed E-state index contributed by atoms with van der Waals surface area (Å²) < 4.78 is 27.6. The number of thiophene rings is 1. The van der Waals surface area contributed by atoms with Crippen LogP contribution in [0.4, 0.5) is 8.78 Å². The van der Waals surface area contributed by atoms with E-state index in [1.807, 2.05) is 12.1 Å². The van der Waals surface area contributed by atoms with Gasteiger partial charge in [0.25, 0.3) is 0 Å². The van der Waals surface area contributed by atoms with Crippen LogP contribution in [0.15, 0.2) is 24.3 Å². The van der Waals surface area contributed by atoms with Gasteiger partial charge in [0.1, 0.15) is 11.6 Å². The van der Waals surface area contributed by atoms with Gasteiger partial charge in [0.2, 0.25) is 0 Å². The van der Waals surface area contributed by atoms with Gasteiger partial charge >= 0.3 is 0 Å². The van der Waals surface area contributed by atoms with Gasteiger partial charge in [-0.05, 0) is 49.7 Å². The molecular formula is C16H19F2NS. The predicted molar refractivity (Wildman–Crippen MR) is 81.1 cm³/mol. The molecular weight excluding hydrogens is 276 g/mol. The summed E-state index contributed by atoms with van der Waals surface area (Å²) in [6.07, 6.45) is 0.971. The van der Waals surface area contributed by atoms with Crippen LogP contribution in [-0.4, -0.2) is 6.54 Å². The molecule has 0 aliphatic rings. The monoisotopic (exact) mass is 295 g/mol. The van der Waals surface area contributed by atoms with Gasteiger partial charge in [0.05, 0.1) is 0 Å². The summed E-state index contributed by atoms with van der Waals surface area (Å²) in [7, 11) is 0. The van der Waals surface area contributed by atoms with Crippen molar-refractivity contribution in [2.45, 2.75) is 33.2 Å². The zero-order valence-electron chi connectivity index (χ0n) is 12.0. The highest BCUT2D eigenvalue weighted by Gasteiger charge is 2.15. The second kappa shape index (κ2) is 6.46. The number of nitrogens with one attached hydrogen (secondary N) is 1. The van der Waals surface area contributed by atoms with E-state index in [1.165, 1.54) is 23.5 Å². The fraction of sp³-hybridized carbons (Fsp3) is 0.375. The molecule has 0 aliphatic heterocycles. The van der Waals surface area contributed by atoms with Gasteiger partial charge in [-0.3, -0.25) is 0 Å². The molecule has 1 atom stereocenters. The maximum Gasteiger partial charge on any atom is 0.132 e. The van der Waals surface area contributed by atoms with Crippen molar-refractivity contribution in [2.75, 3.05) is 6.54 Å². The Morgan fingerprint density at radius 3 is 2.55 bits per heavy atom. The highest BCUT2D eigenvalue weighted by molar-refractivity contribution is 7.15. The number of rotatable bonds is 5. The van der Waals surface area contributed by atoms with Gasteiger partial charge < -0.3 is 5.32 Å². The summed E-state index contributed by atoms with van der Waals surface area (Å²) in [5.74, 6) is -0.733. The van der Waals surface area contributed by atoms with E-state index in [0.717, 1.165) is 22.7 Å². The van der Waals surface area contributed by atoms with Crippen molar-refractivity contribution in [3.63, 3.8) is 0 Å². The minimum Gasteiger partial charge on any atom is -0.310 e. The van der Waals surface area contributed by atoms with E-state index in [-0.39, 0.29) is 17.7 Å². The zero-order chi connectivity index (χ0) is 14.7. The molecule has 1 aromatic carbocycles. The van der Waals surface area contributed by atoms with Gasteiger partial charge in [-0.2, -0.15) is 0 Å². The first-order valence-corrected chi connectivity index (χ1v) is 7.67. The number of halogens is 2. The SMILES string of the molecule is CCNC(CC)c1ccc(-c2cc(F)c(C)cc2F)s1. The molecule has 0 saturated heterocycles. The molecule has 1 aromatic heterocycles. The number of benzene rings is 1. The molecule has 0 saturated carbocycles. The molecule has 2 aromatic rings. The lowest BCUT2D eigenvalue weighted by atomic mass is 10.1.